The fourth-order valence-electron chi connectivity index (χ4n) is 5.10. The molecule has 33 heavy (non-hydrogen) atoms. The van der Waals surface area contributed by atoms with Crippen molar-refractivity contribution in [2.24, 2.45) is 0 Å². The number of nitrogens with one attached hydrogen (secondary N) is 2. The topological polar surface area (TPSA) is 122 Å². The van der Waals surface area contributed by atoms with Crippen LogP contribution in [0.1, 0.15) is 58.0 Å². The highest BCUT2D eigenvalue weighted by Crippen LogP contribution is 2.41. The number of fused-ring (bicyclic) bond motifs is 4. The predicted octanol–water partition coefficient (Wildman–Crippen LogP) is 4.57. The number of hydrogen-bond acceptors (Lipinski definition) is 5. The van der Waals surface area contributed by atoms with Crippen LogP contribution in [0.15, 0.2) is 38.5 Å². The molecule has 1 aliphatic carbocycles. The molecule has 6 rings (SSSR count). The zero-order chi connectivity index (χ0) is 22.9. The number of aromatic amines is 2. The Kier molecular flexibility index (Phi) is 4.30. The molecular weight excluding hydrogens is 422 g/mol. The zero-order valence-corrected chi connectivity index (χ0v) is 18.5. The number of phenols is 1. The standard InChI is InChI=1S/C24H25N5O4/c1-12(2)28-11-13(10-25-28)17-18-23(29(27-24(18)32)14-6-4-3-5-7-14)26-19-15-8-9-16(30)20(31)21(15)33-22(17)19/h8-12,14,26,31H,3-7H2,1-2H3,(H,27,32). The molecule has 0 bridgehead atoms. The average Bonchev–Trinajstić information content (AvgIpc) is 3.52. The van der Waals surface area contributed by atoms with Gasteiger partial charge in [0.25, 0.3) is 5.56 Å². The Bertz CT molecular complexity index is 1640. The van der Waals surface area contributed by atoms with Gasteiger partial charge in [-0.3, -0.25) is 24.1 Å². The van der Waals surface area contributed by atoms with Crippen molar-refractivity contribution in [2.75, 3.05) is 0 Å². The van der Waals surface area contributed by atoms with Gasteiger partial charge in [0, 0.05) is 28.8 Å². The van der Waals surface area contributed by atoms with Gasteiger partial charge in [0.2, 0.25) is 11.2 Å². The molecule has 1 saturated carbocycles. The van der Waals surface area contributed by atoms with Crippen molar-refractivity contribution in [1.82, 2.24) is 24.5 Å². The smallest absolute Gasteiger partial charge is 0.274 e. The Balaban J connectivity index is 1.76. The molecule has 0 spiro atoms. The minimum absolute atomic E-state index is 0.111. The van der Waals surface area contributed by atoms with Gasteiger partial charge in [0.1, 0.15) is 5.65 Å². The van der Waals surface area contributed by atoms with Gasteiger partial charge in [-0.25, -0.2) is 0 Å². The van der Waals surface area contributed by atoms with Crippen molar-refractivity contribution < 1.29 is 9.52 Å². The van der Waals surface area contributed by atoms with E-state index in [0.717, 1.165) is 31.2 Å². The lowest BCUT2D eigenvalue weighted by atomic mass is 9.95. The molecule has 5 aromatic rings. The van der Waals surface area contributed by atoms with E-state index in [-0.39, 0.29) is 23.2 Å². The number of H-pyrrole nitrogens is 2. The van der Waals surface area contributed by atoms with E-state index in [9.17, 15) is 14.7 Å². The van der Waals surface area contributed by atoms with E-state index < -0.39 is 11.2 Å². The summed E-state index contributed by atoms with van der Waals surface area (Å²) < 4.78 is 9.83. The van der Waals surface area contributed by atoms with Crippen LogP contribution in [-0.2, 0) is 0 Å². The minimum Gasteiger partial charge on any atom is -0.502 e. The SMILES string of the molecule is CC(C)n1cc(-c2c3oc4c(O)c(=O)ccc4c3[nH]c3c2c(=O)[nH]n3C2CCCCC2)cn1. The normalized spacial score (nSPS) is 15.5. The Hall–Kier alpha value is -3.75. The molecule has 170 valence electrons. The molecule has 0 radical (unpaired) electrons. The summed E-state index contributed by atoms with van der Waals surface area (Å²) in [6, 6.07) is 3.31. The number of aromatic nitrogens is 5. The van der Waals surface area contributed by atoms with E-state index in [1.807, 2.05) is 29.4 Å². The highest BCUT2D eigenvalue weighted by atomic mass is 16.4. The molecule has 0 aliphatic heterocycles. The number of furan rings is 1. The van der Waals surface area contributed by atoms with Gasteiger partial charge in [0.05, 0.1) is 23.1 Å². The third-order valence-electron chi connectivity index (χ3n) is 6.80. The molecule has 0 atom stereocenters. The molecule has 4 aromatic heterocycles. The van der Waals surface area contributed by atoms with Crippen LogP contribution in [0.25, 0.3) is 44.2 Å². The number of nitrogens with zero attached hydrogens (tertiary/aromatic N) is 3. The van der Waals surface area contributed by atoms with Crippen molar-refractivity contribution in [3.63, 3.8) is 0 Å². The van der Waals surface area contributed by atoms with E-state index in [0.29, 0.717) is 33.1 Å². The second-order valence-corrected chi connectivity index (χ2v) is 9.22. The third-order valence-corrected chi connectivity index (χ3v) is 6.80. The first-order valence-electron chi connectivity index (χ1n) is 11.4. The van der Waals surface area contributed by atoms with Crippen molar-refractivity contribution in [3.8, 4) is 16.9 Å². The Morgan fingerprint density at radius 2 is 1.94 bits per heavy atom. The van der Waals surface area contributed by atoms with Crippen LogP contribution >= 0.6 is 0 Å². The van der Waals surface area contributed by atoms with Crippen molar-refractivity contribution in [1.29, 1.82) is 0 Å². The molecule has 1 aromatic carbocycles. The first-order chi connectivity index (χ1) is 15.9. The molecule has 0 saturated heterocycles. The van der Waals surface area contributed by atoms with E-state index in [1.54, 1.807) is 12.3 Å². The van der Waals surface area contributed by atoms with Crippen LogP contribution in [0.5, 0.6) is 5.75 Å². The van der Waals surface area contributed by atoms with Gasteiger partial charge in [-0.15, -0.1) is 0 Å². The molecule has 1 fully saturated rings. The number of pyridine rings is 1. The van der Waals surface area contributed by atoms with Gasteiger partial charge in [-0.05, 0) is 38.8 Å². The summed E-state index contributed by atoms with van der Waals surface area (Å²) >= 11 is 0. The lowest BCUT2D eigenvalue weighted by Gasteiger charge is -2.23. The summed E-state index contributed by atoms with van der Waals surface area (Å²) in [6.07, 6.45) is 9.06. The fourth-order valence-corrected chi connectivity index (χ4v) is 5.10. The predicted molar refractivity (Wildman–Crippen MR) is 126 cm³/mol. The maximum absolute atomic E-state index is 13.3. The summed E-state index contributed by atoms with van der Waals surface area (Å²) in [5, 5.41) is 19.0. The summed E-state index contributed by atoms with van der Waals surface area (Å²) in [5.41, 5.74) is 2.45. The molecule has 3 N–H and O–H groups in total. The Labute approximate surface area is 187 Å². The maximum Gasteiger partial charge on any atom is 0.274 e. The number of hydrogen-bond donors (Lipinski definition) is 3. The summed E-state index contributed by atoms with van der Waals surface area (Å²) in [7, 11) is 0. The first-order valence-corrected chi connectivity index (χ1v) is 11.4. The quantitative estimate of drug-likeness (QED) is 0.374. The van der Waals surface area contributed by atoms with Crippen molar-refractivity contribution >= 4 is 33.1 Å². The summed E-state index contributed by atoms with van der Waals surface area (Å²) in [6.45, 7) is 4.06. The second-order valence-electron chi connectivity index (χ2n) is 9.22. The number of benzene rings is 1. The number of rotatable bonds is 3. The monoisotopic (exact) mass is 447 g/mol. The van der Waals surface area contributed by atoms with Gasteiger partial charge >= 0.3 is 0 Å². The molecule has 4 heterocycles. The molecule has 9 nitrogen and oxygen atoms in total. The summed E-state index contributed by atoms with van der Waals surface area (Å²) in [5.74, 6) is -0.435. The van der Waals surface area contributed by atoms with Crippen molar-refractivity contribution in [2.45, 2.75) is 58.0 Å². The van der Waals surface area contributed by atoms with E-state index >= 15 is 0 Å². The van der Waals surface area contributed by atoms with Crippen LogP contribution in [0.3, 0.4) is 0 Å². The fraction of sp³-hybridized carbons (Fsp3) is 0.375. The molecule has 0 amide bonds. The van der Waals surface area contributed by atoms with E-state index in [1.165, 1.54) is 12.5 Å². The Morgan fingerprint density at radius 3 is 2.67 bits per heavy atom. The molecule has 1 aliphatic rings. The average molecular weight is 447 g/mol. The third kappa shape index (κ3) is 2.88. The van der Waals surface area contributed by atoms with Crippen molar-refractivity contribution in [3.05, 3.63) is 45.1 Å². The lowest BCUT2D eigenvalue weighted by molar-refractivity contribution is 0.335. The number of aromatic hydroxyl groups is 1. The molecular formula is C24H25N5O4. The van der Waals surface area contributed by atoms with Gasteiger partial charge in [-0.1, -0.05) is 19.3 Å². The zero-order valence-electron chi connectivity index (χ0n) is 18.5. The first kappa shape index (κ1) is 19.9. The molecule has 0 unspecified atom stereocenters. The van der Waals surface area contributed by atoms with Gasteiger partial charge in [0.15, 0.2) is 11.2 Å². The molecule has 9 heteroatoms. The highest BCUT2D eigenvalue weighted by molar-refractivity contribution is 6.15. The highest BCUT2D eigenvalue weighted by Gasteiger charge is 2.26. The number of phenolic OH excluding ortho intramolecular Hbond substituents is 1. The lowest BCUT2D eigenvalue weighted by Crippen LogP contribution is -2.16. The largest absolute Gasteiger partial charge is 0.502 e. The van der Waals surface area contributed by atoms with Crippen LogP contribution < -0.4 is 11.0 Å². The van der Waals surface area contributed by atoms with Gasteiger partial charge in [-0.2, -0.15) is 5.10 Å². The van der Waals surface area contributed by atoms with Crippen LogP contribution in [0, 0.1) is 0 Å². The minimum atomic E-state index is -0.509. The Morgan fingerprint density at radius 1 is 1.15 bits per heavy atom. The van der Waals surface area contributed by atoms with Crippen LogP contribution in [0.2, 0.25) is 0 Å². The van der Waals surface area contributed by atoms with Crippen LogP contribution in [0.4, 0.5) is 0 Å². The second kappa shape index (κ2) is 7.13. The van der Waals surface area contributed by atoms with Gasteiger partial charge < -0.3 is 14.5 Å². The summed E-state index contributed by atoms with van der Waals surface area (Å²) in [4.78, 5) is 28.7. The van der Waals surface area contributed by atoms with E-state index in [4.69, 9.17) is 4.42 Å². The van der Waals surface area contributed by atoms with E-state index in [2.05, 4.69) is 15.2 Å². The van der Waals surface area contributed by atoms with Crippen LogP contribution in [-0.4, -0.2) is 29.7 Å². The maximum atomic E-state index is 13.3.